The number of non-ortho nitro benzene ring substituents is 3. The second-order valence-electron chi connectivity index (χ2n) is 25.3. The highest BCUT2D eigenvalue weighted by Gasteiger charge is 2.41. The maximum atomic E-state index is 14.3. The molecule has 0 bridgehead atoms. The van der Waals surface area contributed by atoms with E-state index in [1.54, 1.807) is 97.2 Å². The lowest BCUT2D eigenvalue weighted by atomic mass is 10.1. The number of nitro benzene ring substituents is 3. The predicted octanol–water partition coefficient (Wildman–Crippen LogP) is 14.2. The van der Waals surface area contributed by atoms with Crippen molar-refractivity contribution in [1.82, 2.24) is 29.9 Å². The third-order valence-electron chi connectivity index (χ3n) is 17.0. The number of phenolic OH excluding ortho intramolecular Hbond substituents is 2. The molecule has 0 radical (unpaired) electrons. The van der Waals surface area contributed by atoms with Crippen molar-refractivity contribution in [1.29, 1.82) is 0 Å². The van der Waals surface area contributed by atoms with Gasteiger partial charge in [-0.05, 0) is 138 Å². The SMILES string of the molecule is CC(=O)Oc1ccc(-c2cnc(N(S(=O)(=O)c3ccc([N+](=O)[O-])cc3)S(=O)(=O)c3ccc([N+](=O)[O-])cc3)c(Cc3ccccc3)n2)cc1.Cc1ccc(CS(=O)(=O)Cc2ncc(-c3ccc(O)cc3)nc2Cc2ccccc2)cc1.O=[N+]([O-])c1ccc(S(=O)(=O)Cc2ncc(-c3ccc(O)cc3)nc2Cc2ccccc2)cc1. The quantitative estimate of drug-likeness (QED) is 0.0232. The number of nitro groups is 3. The van der Waals surface area contributed by atoms with Crippen LogP contribution in [0.25, 0.3) is 33.8 Å². The van der Waals surface area contributed by atoms with E-state index in [4.69, 9.17) is 9.72 Å². The van der Waals surface area contributed by atoms with Crippen LogP contribution in [0.5, 0.6) is 17.2 Å². The number of aromatic hydroxyl groups is 2. The van der Waals surface area contributed by atoms with Gasteiger partial charge in [0.25, 0.3) is 37.1 Å². The van der Waals surface area contributed by atoms with Gasteiger partial charge in [0, 0.05) is 79.3 Å². The molecule has 10 aromatic carbocycles. The summed E-state index contributed by atoms with van der Waals surface area (Å²) < 4.78 is 114. The fourth-order valence-corrected chi connectivity index (χ4v) is 17.7. The summed E-state index contributed by atoms with van der Waals surface area (Å²) in [6, 6.07) is 66.8. The Labute approximate surface area is 648 Å². The standard InChI is InChI=1S/C31H23N5O10S2.C26H24N2O3S.C24H19N3O5S/c1-21(37)46-26-13-7-23(8-14-26)30-20-32-31(29(33-30)19-22-5-3-2-4-6-22)36(47(42,43)27-15-9-24(10-16-27)34(38)39)48(44,45)28-17-11-25(12-18-28)35(40)41;1-19-7-9-21(10-8-19)17-32(30,31)18-26-24(15-20-5-3-2-4-6-20)28-25(16-27-26)22-11-13-23(29)14-12-22;28-20-10-6-18(7-11-20)23-15-25-24(22(26-23)14-17-4-2-1-3-5-17)16-33(31,32)21-12-8-19(9-13-21)27(29)30/h2-18,20H,19H2,1H3;2-14,16,29H,15,17-18H2,1H3;1-13,15,28H,14,16H2. The average molecular weight is 1600 g/mol. The third-order valence-corrected chi connectivity index (χ3v) is 24.2. The molecule has 3 aromatic heterocycles. The first-order valence-electron chi connectivity index (χ1n) is 34.0. The Morgan fingerprint density at radius 3 is 1.12 bits per heavy atom. The number of carbonyl (C=O) groups is 1. The van der Waals surface area contributed by atoms with E-state index in [-0.39, 0.29) is 60.9 Å². The summed E-state index contributed by atoms with van der Waals surface area (Å²) in [5.41, 5.74) is 8.64. The van der Waals surface area contributed by atoms with Crippen molar-refractivity contribution >= 4 is 68.6 Å². The van der Waals surface area contributed by atoms with Crippen molar-refractivity contribution in [2.75, 3.05) is 3.71 Å². The first kappa shape index (κ1) is 80.3. The van der Waals surface area contributed by atoms with Crippen LogP contribution < -0.4 is 8.45 Å². The number of hydrogen-bond donors (Lipinski definition) is 2. The van der Waals surface area contributed by atoms with Gasteiger partial charge in [-0.15, -0.1) is 3.71 Å². The number of esters is 1. The molecule has 0 aliphatic heterocycles. The fraction of sp³-hybridized carbons (Fsp3) is 0.0988. The number of sulfone groups is 2. The Morgan fingerprint density at radius 2 is 0.735 bits per heavy atom. The Hall–Kier alpha value is -13.7. The second kappa shape index (κ2) is 35.3. The highest BCUT2D eigenvalue weighted by Crippen LogP contribution is 2.36. The Morgan fingerprint density at radius 1 is 0.389 bits per heavy atom. The number of rotatable bonds is 25. The number of aromatic nitrogens is 6. The smallest absolute Gasteiger partial charge is 0.308 e. The monoisotopic (exact) mass is 1590 g/mol. The van der Waals surface area contributed by atoms with Crippen LogP contribution in [0, 0.1) is 37.3 Å². The number of nitrogens with zero attached hydrogens (tertiary/aromatic N) is 10. The van der Waals surface area contributed by atoms with Crippen LogP contribution >= 0.6 is 0 Å². The molecule has 0 unspecified atom stereocenters. The first-order chi connectivity index (χ1) is 54.0. The summed E-state index contributed by atoms with van der Waals surface area (Å²) >= 11 is 0. The number of ether oxygens (including phenoxy) is 1. The number of aryl methyl sites for hydroxylation is 1. The highest BCUT2D eigenvalue weighted by atomic mass is 32.3. The molecule has 0 amide bonds. The molecule has 0 saturated carbocycles. The zero-order chi connectivity index (χ0) is 80.6. The topological polar surface area (TPSA) is 413 Å². The van der Waals surface area contributed by atoms with Gasteiger partial charge in [-0.2, -0.15) is 16.8 Å². The molecule has 13 rings (SSSR count). The molecule has 3 heterocycles. The lowest BCUT2D eigenvalue weighted by Crippen LogP contribution is -2.38. The minimum absolute atomic E-state index is 0.0248. The van der Waals surface area contributed by atoms with Gasteiger partial charge in [-0.1, -0.05) is 121 Å². The van der Waals surface area contributed by atoms with Gasteiger partial charge in [0.2, 0.25) is 0 Å². The minimum Gasteiger partial charge on any atom is -0.508 e. The zero-order valence-electron chi connectivity index (χ0n) is 59.8. The van der Waals surface area contributed by atoms with Gasteiger partial charge < -0.3 is 14.9 Å². The predicted molar refractivity (Wildman–Crippen MR) is 419 cm³/mol. The van der Waals surface area contributed by atoms with E-state index in [0.717, 1.165) is 100 Å². The number of sulfonamides is 2. The van der Waals surface area contributed by atoms with Crippen molar-refractivity contribution in [3.8, 4) is 51.0 Å². The Balaban J connectivity index is 0.000000172. The minimum atomic E-state index is -5.10. The molecular formula is C81H66N10O18S4. The van der Waals surface area contributed by atoms with Crippen LogP contribution in [0.15, 0.2) is 294 Å². The summed E-state index contributed by atoms with van der Waals surface area (Å²) in [6.45, 7) is 3.22. The molecule has 2 N–H and O–H groups in total. The van der Waals surface area contributed by atoms with E-state index in [9.17, 15) is 79.0 Å². The molecule has 32 heteroatoms. The summed E-state index contributed by atoms with van der Waals surface area (Å²) in [6.07, 6.45) is 5.03. The normalized spacial score (nSPS) is 11.4. The number of hydrogen-bond acceptors (Lipinski definition) is 24. The maximum Gasteiger partial charge on any atom is 0.308 e. The zero-order valence-corrected chi connectivity index (χ0v) is 63.1. The number of anilines is 1. The van der Waals surface area contributed by atoms with Crippen LogP contribution in [0.2, 0.25) is 0 Å². The van der Waals surface area contributed by atoms with E-state index in [1.807, 2.05) is 91.9 Å². The van der Waals surface area contributed by atoms with Gasteiger partial charge in [-0.3, -0.25) is 45.1 Å². The molecule has 0 fully saturated rings. The lowest BCUT2D eigenvalue weighted by molar-refractivity contribution is -0.385. The van der Waals surface area contributed by atoms with Gasteiger partial charge in [0.15, 0.2) is 25.5 Å². The molecule has 0 spiro atoms. The van der Waals surface area contributed by atoms with Crippen LogP contribution in [0.4, 0.5) is 22.9 Å². The Bertz CT molecular complexity index is 6010. The number of phenols is 2. The highest BCUT2D eigenvalue weighted by molar-refractivity contribution is 8.10. The molecule has 0 saturated heterocycles. The average Bonchev–Trinajstić information content (AvgIpc) is 0.736. The van der Waals surface area contributed by atoms with E-state index in [0.29, 0.717) is 58.1 Å². The fourth-order valence-electron chi connectivity index (χ4n) is 11.3. The van der Waals surface area contributed by atoms with Gasteiger partial charge in [-0.25, -0.2) is 36.8 Å². The number of carbonyl (C=O) groups excluding carboxylic acids is 1. The Kier molecular flexibility index (Phi) is 25.1. The molecule has 0 atom stereocenters. The van der Waals surface area contributed by atoms with Crippen molar-refractivity contribution in [2.45, 2.75) is 65.1 Å². The molecule has 113 heavy (non-hydrogen) atoms. The molecule has 13 aromatic rings. The van der Waals surface area contributed by atoms with E-state index >= 15 is 0 Å². The first-order valence-corrected chi connectivity index (χ1v) is 40.4. The molecule has 28 nitrogen and oxygen atoms in total. The summed E-state index contributed by atoms with van der Waals surface area (Å²) in [7, 11) is -17.4. The molecular weight excluding hydrogens is 1530 g/mol. The van der Waals surface area contributed by atoms with Crippen LogP contribution in [0.3, 0.4) is 0 Å². The van der Waals surface area contributed by atoms with Crippen molar-refractivity contribution in [2.24, 2.45) is 0 Å². The molecule has 0 aliphatic rings. The van der Waals surface area contributed by atoms with E-state index in [1.165, 1.54) is 37.4 Å². The second-order valence-corrected chi connectivity index (χ2v) is 33.1. The molecule has 572 valence electrons. The summed E-state index contributed by atoms with van der Waals surface area (Å²) in [5.74, 6) is -1.18. The van der Waals surface area contributed by atoms with Gasteiger partial charge >= 0.3 is 5.97 Å². The summed E-state index contributed by atoms with van der Waals surface area (Å²) in [4.78, 5) is 68.6. The van der Waals surface area contributed by atoms with Crippen LogP contribution in [0.1, 0.15) is 63.2 Å². The van der Waals surface area contributed by atoms with Crippen LogP contribution in [-0.4, -0.2) is 94.5 Å². The molecule has 0 aliphatic carbocycles. The number of benzene rings is 10. The third kappa shape index (κ3) is 21.0. The van der Waals surface area contributed by atoms with Crippen molar-refractivity contribution in [3.05, 3.63) is 366 Å². The largest absolute Gasteiger partial charge is 0.508 e. The van der Waals surface area contributed by atoms with Gasteiger partial charge in [0.1, 0.15) is 17.2 Å². The van der Waals surface area contributed by atoms with Crippen molar-refractivity contribution < 1.29 is 68.2 Å². The van der Waals surface area contributed by atoms with Gasteiger partial charge in [0.05, 0.1) is 111 Å². The van der Waals surface area contributed by atoms with E-state index in [2.05, 4.69) is 24.9 Å². The van der Waals surface area contributed by atoms with E-state index < -0.39 is 93.2 Å². The maximum absolute atomic E-state index is 14.3. The lowest BCUT2D eigenvalue weighted by Gasteiger charge is -2.25. The van der Waals surface area contributed by atoms with Crippen LogP contribution in [-0.2, 0) is 81.0 Å². The summed E-state index contributed by atoms with van der Waals surface area (Å²) in [5, 5.41) is 52.4. The van der Waals surface area contributed by atoms with Crippen molar-refractivity contribution in [3.63, 3.8) is 0 Å².